The zero-order chi connectivity index (χ0) is 16.0. The molecule has 0 aliphatic carbocycles. The van der Waals surface area contributed by atoms with Gasteiger partial charge in [0.1, 0.15) is 6.10 Å². The Morgan fingerprint density at radius 3 is 2.73 bits per heavy atom. The number of aromatic nitrogens is 1. The Bertz CT molecular complexity index is 570. The number of carbonyl (C=O) groups excluding carboxylic acids is 1. The maximum absolute atomic E-state index is 10.7. The van der Waals surface area contributed by atoms with Gasteiger partial charge in [-0.3, -0.25) is 4.79 Å². The average molecular weight is 319 g/mol. The second kappa shape index (κ2) is 7.60. The zero-order valence-electron chi connectivity index (χ0n) is 13.6. The molecule has 120 valence electrons. The molecule has 0 saturated carbocycles. The fourth-order valence-corrected chi connectivity index (χ4v) is 3.06. The summed E-state index contributed by atoms with van der Waals surface area (Å²) < 4.78 is 10.9. The maximum atomic E-state index is 10.7. The molecule has 22 heavy (non-hydrogen) atoms. The van der Waals surface area contributed by atoms with Crippen LogP contribution >= 0.6 is 0 Å². The Morgan fingerprint density at radius 2 is 2.05 bits per heavy atom. The van der Waals surface area contributed by atoms with E-state index in [4.69, 9.17) is 9.47 Å². The van der Waals surface area contributed by atoms with Crippen LogP contribution in [-0.2, 0) is 20.7 Å². The van der Waals surface area contributed by atoms with E-state index in [1.54, 1.807) is 0 Å². The average Bonchev–Trinajstić information content (AvgIpc) is 2.85. The summed E-state index contributed by atoms with van der Waals surface area (Å²) in [7, 11) is -1.09. The van der Waals surface area contributed by atoms with E-state index in [-0.39, 0.29) is 6.10 Å². The number of hydrogen-bond donors (Lipinski definition) is 1. The number of carbonyl (C=O) groups is 1. The number of nitrogens with one attached hydrogen (secondary N) is 1. The van der Waals surface area contributed by atoms with E-state index in [0.717, 1.165) is 23.9 Å². The number of benzene rings is 1. The Hall–Kier alpha value is -1.59. The lowest BCUT2D eigenvalue weighted by molar-refractivity contribution is -0.136. The fraction of sp³-hybridized carbons (Fsp3) is 0.471. The van der Waals surface area contributed by atoms with Gasteiger partial charge in [-0.2, -0.15) is 0 Å². The second-order valence-electron chi connectivity index (χ2n) is 6.83. The number of para-hydroxylation sites is 1. The molecule has 1 aromatic carbocycles. The highest BCUT2D eigenvalue weighted by molar-refractivity contribution is 6.76. The third-order valence-electron chi connectivity index (χ3n) is 3.58. The van der Waals surface area contributed by atoms with Crippen LogP contribution in [-0.4, -0.2) is 38.8 Å². The van der Waals surface area contributed by atoms with Gasteiger partial charge in [0.25, 0.3) is 6.47 Å². The van der Waals surface area contributed by atoms with Crippen LogP contribution in [0.25, 0.3) is 10.9 Å². The summed E-state index contributed by atoms with van der Waals surface area (Å²) in [5, 5.41) is 1.17. The minimum absolute atomic E-state index is 0.243. The van der Waals surface area contributed by atoms with Crippen LogP contribution in [0.4, 0.5) is 0 Å². The van der Waals surface area contributed by atoms with E-state index in [1.165, 1.54) is 5.39 Å². The van der Waals surface area contributed by atoms with Gasteiger partial charge in [-0.15, -0.1) is 0 Å². The van der Waals surface area contributed by atoms with Crippen molar-refractivity contribution in [3.05, 3.63) is 36.0 Å². The predicted molar refractivity (Wildman–Crippen MR) is 91.9 cm³/mol. The van der Waals surface area contributed by atoms with Crippen molar-refractivity contribution >= 4 is 25.4 Å². The normalized spacial score (nSPS) is 13.2. The third kappa shape index (κ3) is 5.31. The third-order valence-corrected chi connectivity index (χ3v) is 5.29. The van der Waals surface area contributed by atoms with Crippen molar-refractivity contribution in [2.24, 2.45) is 0 Å². The summed E-state index contributed by atoms with van der Waals surface area (Å²) in [4.78, 5) is 14.0. The summed E-state index contributed by atoms with van der Waals surface area (Å²) in [6.45, 7) is 8.65. The lowest BCUT2D eigenvalue weighted by Crippen LogP contribution is -2.26. The molecule has 4 nitrogen and oxygen atoms in total. The molecule has 0 aliphatic heterocycles. The number of ether oxygens (including phenoxy) is 2. The van der Waals surface area contributed by atoms with Crippen molar-refractivity contribution in [3.8, 4) is 0 Å². The first-order chi connectivity index (χ1) is 10.5. The highest BCUT2D eigenvalue weighted by Crippen LogP contribution is 2.16. The molecule has 0 spiro atoms. The molecular formula is C17H25NO3Si. The summed E-state index contributed by atoms with van der Waals surface area (Å²) in [5.41, 5.74) is 2.16. The first kappa shape index (κ1) is 16.8. The van der Waals surface area contributed by atoms with Crippen LogP contribution in [0.15, 0.2) is 30.3 Å². The summed E-state index contributed by atoms with van der Waals surface area (Å²) in [6.07, 6.45) is 0.396. The number of rotatable bonds is 9. The van der Waals surface area contributed by atoms with E-state index in [1.807, 2.05) is 18.2 Å². The molecule has 0 bridgehead atoms. The second-order valence-corrected chi connectivity index (χ2v) is 12.4. The van der Waals surface area contributed by atoms with Gasteiger partial charge in [-0.05, 0) is 23.6 Å². The number of aromatic amines is 1. The van der Waals surface area contributed by atoms with Crippen molar-refractivity contribution < 1.29 is 14.3 Å². The lowest BCUT2D eigenvalue weighted by atomic mass is 10.2. The van der Waals surface area contributed by atoms with E-state index < -0.39 is 8.07 Å². The quantitative estimate of drug-likeness (QED) is 0.436. The van der Waals surface area contributed by atoms with E-state index >= 15 is 0 Å². The van der Waals surface area contributed by atoms with Gasteiger partial charge < -0.3 is 14.5 Å². The van der Waals surface area contributed by atoms with Gasteiger partial charge in [0.05, 0.1) is 6.61 Å². The lowest BCUT2D eigenvalue weighted by Gasteiger charge is -2.18. The molecule has 1 N–H and O–H groups in total. The van der Waals surface area contributed by atoms with Crippen LogP contribution < -0.4 is 0 Å². The molecule has 2 aromatic rings. The molecule has 0 radical (unpaired) electrons. The number of hydrogen-bond acceptors (Lipinski definition) is 3. The monoisotopic (exact) mass is 319 g/mol. The SMILES string of the molecule is C[Si](C)(C)CCOCC(Cc1cc2ccccc2[nH]1)OC=O. The highest BCUT2D eigenvalue weighted by Gasteiger charge is 2.15. The molecule has 0 aliphatic rings. The molecule has 5 heteroatoms. The molecule has 0 saturated heterocycles. The Kier molecular flexibility index (Phi) is 5.80. The Balaban J connectivity index is 1.89. The van der Waals surface area contributed by atoms with Crippen LogP contribution in [0.1, 0.15) is 5.69 Å². The topological polar surface area (TPSA) is 51.3 Å². The Labute approximate surface area is 132 Å². The molecule has 1 aromatic heterocycles. The smallest absolute Gasteiger partial charge is 0.293 e. The van der Waals surface area contributed by atoms with Gasteiger partial charge >= 0.3 is 0 Å². The Morgan fingerprint density at radius 1 is 1.27 bits per heavy atom. The zero-order valence-corrected chi connectivity index (χ0v) is 14.6. The van der Waals surface area contributed by atoms with E-state index in [0.29, 0.717) is 19.5 Å². The van der Waals surface area contributed by atoms with Crippen LogP contribution in [0.3, 0.4) is 0 Å². The highest BCUT2D eigenvalue weighted by atomic mass is 28.3. The maximum Gasteiger partial charge on any atom is 0.293 e. The summed E-state index contributed by atoms with van der Waals surface area (Å²) >= 11 is 0. The molecule has 1 heterocycles. The number of fused-ring (bicyclic) bond motifs is 1. The van der Waals surface area contributed by atoms with Crippen molar-refractivity contribution in [2.75, 3.05) is 13.2 Å². The van der Waals surface area contributed by atoms with Gasteiger partial charge in [-0.25, -0.2) is 0 Å². The molecule has 1 unspecified atom stereocenters. The van der Waals surface area contributed by atoms with Crippen molar-refractivity contribution in [3.63, 3.8) is 0 Å². The summed E-state index contributed by atoms with van der Waals surface area (Å²) in [5.74, 6) is 0. The molecule has 0 fully saturated rings. The minimum atomic E-state index is -1.09. The van der Waals surface area contributed by atoms with E-state index in [2.05, 4.69) is 36.8 Å². The van der Waals surface area contributed by atoms with Gasteiger partial charge in [0.2, 0.25) is 0 Å². The molecule has 1 atom stereocenters. The predicted octanol–water partition coefficient (Wildman–Crippen LogP) is 3.61. The van der Waals surface area contributed by atoms with Gasteiger partial charge in [0.15, 0.2) is 0 Å². The molecule has 0 amide bonds. The first-order valence-electron chi connectivity index (χ1n) is 7.71. The van der Waals surface area contributed by atoms with Crippen LogP contribution in [0.2, 0.25) is 25.7 Å². The molecule has 2 rings (SSSR count). The summed E-state index contributed by atoms with van der Waals surface area (Å²) in [6, 6.07) is 11.3. The number of H-pyrrole nitrogens is 1. The first-order valence-corrected chi connectivity index (χ1v) is 11.4. The molecular weight excluding hydrogens is 294 g/mol. The largest absolute Gasteiger partial charge is 0.462 e. The fourth-order valence-electron chi connectivity index (χ4n) is 2.31. The van der Waals surface area contributed by atoms with Gasteiger partial charge in [0, 0.05) is 32.3 Å². The van der Waals surface area contributed by atoms with Crippen molar-refractivity contribution in [1.82, 2.24) is 4.98 Å². The minimum Gasteiger partial charge on any atom is -0.462 e. The van der Waals surface area contributed by atoms with Crippen LogP contribution in [0, 0.1) is 0 Å². The van der Waals surface area contributed by atoms with Crippen molar-refractivity contribution in [2.45, 2.75) is 38.2 Å². The standard InChI is InChI=1S/C17H25NO3Si/c1-22(2,3)9-8-20-12-16(21-13-19)11-15-10-14-6-4-5-7-17(14)18-15/h4-7,10,13,16,18H,8-9,11-12H2,1-3H3. The van der Waals surface area contributed by atoms with E-state index in [9.17, 15) is 4.79 Å². The van der Waals surface area contributed by atoms with Crippen molar-refractivity contribution in [1.29, 1.82) is 0 Å². The van der Waals surface area contributed by atoms with Crippen LogP contribution in [0.5, 0.6) is 0 Å². The van der Waals surface area contributed by atoms with Gasteiger partial charge in [-0.1, -0.05) is 37.8 Å².